The van der Waals surface area contributed by atoms with E-state index in [4.69, 9.17) is 15.0 Å². The standard InChI is InChI=1S/C47H31N5/c1-3-11-32(12-4-1)34-19-23-37(24-20-34)45-48-46(38-25-21-35(22-26-38)33-13-5-2-6-14-33)50-47(49-45)52-43-18-10-8-16-40(43)41-31-39(27-28-44(41)52)51-30-29-36-15-7-9-17-42(36)51/h1-31H. The van der Waals surface area contributed by atoms with Crippen LogP contribution in [0.25, 0.3) is 89.4 Å². The van der Waals surface area contributed by atoms with Gasteiger partial charge in [-0.1, -0.05) is 146 Å². The van der Waals surface area contributed by atoms with E-state index in [9.17, 15) is 0 Å². The van der Waals surface area contributed by atoms with E-state index in [1.54, 1.807) is 0 Å². The van der Waals surface area contributed by atoms with Crippen molar-refractivity contribution >= 4 is 32.7 Å². The van der Waals surface area contributed by atoms with Gasteiger partial charge in [-0.2, -0.15) is 9.97 Å². The lowest BCUT2D eigenvalue weighted by Gasteiger charge is -2.12. The zero-order valence-corrected chi connectivity index (χ0v) is 28.1. The normalized spacial score (nSPS) is 11.5. The maximum atomic E-state index is 5.19. The molecule has 0 fully saturated rings. The molecule has 5 heteroatoms. The van der Waals surface area contributed by atoms with E-state index in [1.807, 2.05) is 12.1 Å². The molecule has 7 aromatic carbocycles. The van der Waals surface area contributed by atoms with Gasteiger partial charge < -0.3 is 4.57 Å². The van der Waals surface area contributed by atoms with Crippen molar-refractivity contribution in [1.82, 2.24) is 24.1 Å². The molecule has 0 aliphatic heterocycles. The summed E-state index contributed by atoms with van der Waals surface area (Å²) in [4.78, 5) is 15.5. The molecule has 0 radical (unpaired) electrons. The molecule has 0 atom stereocenters. The number of hydrogen-bond acceptors (Lipinski definition) is 3. The van der Waals surface area contributed by atoms with Crippen LogP contribution in [0, 0.1) is 0 Å². The molecule has 3 aromatic heterocycles. The molecule has 5 nitrogen and oxygen atoms in total. The minimum atomic E-state index is 0.574. The van der Waals surface area contributed by atoms with Crippen LogP contribution in [0.15, 0.2) is 188 Å². The minimum absolute atomic E-state index is 0.574. The van der Waals surface area contributed by atoms with Gasteiger partial charge in [-0.3, -0.25) is 4.57 Å². The summed E-state index contributed by atoms with van der Waals surface area (Å²) in [5, 5.41) is 3.48. The minimum Gasteiger partial charge on any atom is -0.317 e. The molecule has 52 heavy (non-hydrogen) atoms. The van der Waals surface area contributed by atoms with Crippen molar-refractivity contribution in [3.8, 4) is 56.7 Å². The lowest BCUT2D eigenvalue weighted by molar-refractivity contribution is 0.953. The van der Waals surface area contributed by atoms with Crippen LogP contribution in [0.4, 0.5) is 0 Å². The Morgan fingerprint density at radius 1 is 0.346 bits per heavy atom. The molecule has 3 heterocycles. The summed E-state index contributed by atoms with van der Waals surface area (Å²) in [6, 6.07) is 63.5. The van der Waals surface area contributed by atoms with Crippen molar-refractivity contribution in [2.75, 3.05) is 0 Å². The lowest BCUT2D eigenvalue weighted by Crippen LogP contribution is -2.06. The number of para-hydroxylation sites is 2. The van der Waals surface area contributed by atoms with Crippen molar-refractivity contribution < 1.29 is 0 Å². The van der Waals surface area contributed by atoms with Crippen molar-refractivity contribution in [3.63, 3.8) is 0 Å². The second-order valence-corrected chi connectivity index (χ2v) is 13.0. The fourth-order valence-electron chi connectivity index (χ4n) is 7.24. The van der Waals surface area contributed by atoms with E-state index in [1.165, 1.54) is 22.0 Å². The highest BCUT2D eigenvalue weighted by molar-refractivity contribution is 6.09. The van der Waals surface area contributed by atoms with E-state index in [0.717, 1.165) is 49.7 Å². The molecule has 0 amide bonds. The van der Waals surface area contributed by atoms with Gasteiger partial charge in [0.2, 0.25) is 5.95 Å². The predicted molar refractivity (Wildman–Crippen MR) is 213 cm³/mol. The third-order valence-electron chi connectivity index (χ3n) is 9.86. The molecule has 0 unspecified atom stereocenters. The van der Waals surface area contributed by atoms with Crippen molar-refractivity contribution in [3.05, 3.63) is 188 Å². The molecule has 244 valence electrons. The fraction of sp³-hybridized carbons (Fsp3) is 0. The largest absolute Gasteiger partial charge is 0.317 e. The SMILES string of the molecule is c1ccc(-c2ccc(-c3nc(-c4ccc(-c5ccccc5)cc4)nc(-n4c5ccccc5c5cc(-n6ccc7ccccc76)ccc54)n3)cc2)cc1. The van der Waals surface area contributed by atoms with Crippen LogP contribution in [0.5, 0.6) is 0 Å². The highest BCUT2D eigenvalue weighted by atomic mass is 15.2. The highest BCUT2D eigenvalue weighted by Crippen LogP contribution is 2.35. The van der Waals surface area contributed by atoms with E-state index in [2.05, 4.69) is 185 Å². The van der Waals surface area contributed by atoms with Crippen molar-refractivity contribution in [2.45, 2.75) is 0 Å². The first kappa shape index (κ1) is 29.8. The van der Waals surface area contributed by atoms with E-state index in [-0.39, 0.29) is 0 Å². The summed E-state index contributed by atoms with van der Waals surface area (Å²) >= 11 is 0. The molecule has 0 N–H and O–H groups in total. The zero-order chi connectivity index (χ0) is 34.4. The molecule has 0 aliphatic carbocycles. The number of aromatic nitrogens is 5. The lowest BCUT2D eigenvalue weighted by atomic mass is 10.0. The van der Waals surface area contributed by atoms with Gasteiger partial charge in [-0.15, -0.1) is 0 Å². The molecule has 10 rings (SSSR count). The summed E-state index contributed by atoms with van der Waals surface area (Å²) in [6.07, 6.45) is 2.14. The smallest absolute Gasteiger partial charge is 0.238 e. The van der Waals surface area contributed by atoms with Gasteiger partial charge in [0.1, 0.15) is 0 Å². The molecule has 0 bridgehead atoms. The van der Waals surface area contributed by atoms with Crippen LogP contribution in [0.2, 0.25) is 0 Å². The van der Waals surface area contributed by atoms with E-state index < -0.39 is 0 Å². The van der Waals surface area contributed by atoms with Crippen LogP contribution in [-0.4, -0.2) is 24.1 Å². The van der Waals surface area contributed by atoms with E-state index in [0.29, 0.717) is 17.6 Å². The molecule has 0 saturated carbocycles. The molecule has 10 aromatic rings. The Morgan fingerprint density at radius 2 is 0.846 bits per heavy atom. The van der Waals surface area contributed by atoms with Gasteiger partial charge >= 0.3 is 0 Å². The number of hydrogen-bond donors (Lipinski definition) is 0. The van der Waals surface area contributed by atoms with Crippen LogP contribution in [0.1, 0.15) is 0 Å². The van der Waals surface area contributed by atoms with Gasteiger partial charge in [0.25, 0.3) is 0 Å². The highest BCUT2D eigenvalue weighted by Gasteiger charge is 2.19. The number of fused-ring (bicyclic) bond motifs is 4. The maximum absolute atomic E-state index is 5.19. The Bertz CT molecular complexity index is 2770. The maximum Gasteiger partial charge on any atom is 0.238 e. The Labute approximate surface area is 300 Å². The predicted octanol–water partition coefficient (Wildman–Crippen LogP) is 11.6. The van der Waals surface area contributed by atoms with Crippen LogP contribution < -0.4 is 0 Å². The summed E-state index contributed by atoms with van der Waals surface area (Å²) in [7, 11) is 0. The van der Waals surface area contributed by atoms with E-state index >= 15 is 0 Å². The molecular formula is C47H31N5. The Kier molecular flexibility index (Phi) is 7.07. The fourth-order valence-corrected chi connectivity index (χ4v) is 7.24. The second-order valence-electron chi connectivity index (χ2n) is 13.0. The second kappa shape index (κ2) is 12.3. The topological polar surface area (TPSA) is 48.5 Å². The quantitative estimate of drug-likeness (QED) is 0.178. The van der Waals surface area contributed by atoms with Gasteiger partial charge in [-0.05, 0) is 64.0 Å². The van der Waals surface area contributed by atoms with Gasteiger partial charge in [0.15, 0.2) is 11.6 Å². The van der Waals surface area contributed by atoms with Gasteiger partial charge in [0, 0.05) is 33.8 Å². The third-order valence-corrected chi connectivity index (χ3v) is 9.86. The first-order valence-electron chi connectivity index (χ1n) is 17.4. The average molecular weight is 666 g/mol. The van der Waals surface area contributed by atoms with Gasteiger partial charge in [0.05, 0.1) is 16.6 Å². The third kappa shape index (κ3) is 5.15. The Balaban J connectivity index is 1.15. The molecule has 0 spiro atoms. The van der Waals surface area contributed by atoms with Gasteiger partial charge in [-0.25, -0.2) is 4.98 Å². The Morgan fingerprint density at radius 3 is 1.48 bits per heavy atom. The summed E-state index contributed by atoms with van der Waals surface area (Å²) < 4.78 is 4.42. The average Bonchev–Trinajstić information content (AvgIpc) is 3.81. The first-order valence-corrected chi connectivity index (χ1v) is 17.4. The van der Waals surface area contributed by atoms with Crippen molar-refractivity contribution in [1.29, 1.82) is 0 Å². The zero-order valence-electron chi connectivity index (χ0n) is 28.1. The number of benzene rings is 7. The number of nitrogens with zero attached hydrogens (tertiary/aromatic N) is 5. The van der Waals surface area contributed by atoms with Crippen LogP contribution in [0.3, 0.4) is 0 Å². The molecule has 0 aliphatic rings. The van der Waals surface area contributed by atoms with Crippen LogP contribution >= 0.6 is 0 Å². The first-order chi connectivity index (χ1) is 25.8. The summed E-state index contributed by atoms with van der Waals surface area (Å²) in [5.74, 6) is 1.81. The molecule has 0 saturated heterocycles. The van der Waals surface area contributed by atoms with Crippen LogP contribution in [-0.2, 0) is 0 Å². The Hall–Kier alpha value is -7.11. The summed E-state index contributed by atoms with van der Waals surface area (Å²) in [5.41, 5.74) is 10.8. The molecular weight excluding hydrogens is 635 g/mol. The van der Waals surface area contributed by atoms with Crippen molar-refractivity contribution in [2.24, 2.45) is 0 Å². The monoisotopic (exact) mass is 665 g/mol. The number of rotatable bonds is 6. The summed E-state index contributed by atoms with van der Waals surface area (Å²) in [6.45, 7) is 0.